The molecular formula is C18H29BN2O5. The maximum absolute atomic E-state index is 12.5. The number of benzene rings is 1. The van der Waals surface area contributed by atoms with Gasteiger partial charge in [-0.25, -0.2) is 4.79 Å². The Morgan fingerprint density at radius 1 is 1.12 bits per heavy atom. The van der Waals surface area contributed by atoms with E-state index in [-0.39, 0.29) is 5.91 Å². The van der Waals surface area contributed by atoms with Crippen molar-refractivity contribution in [3.05, 3.63) is 30.3 Å². The second-order valence-corrected chi connectivity index (χ2v) is 7.17. The number of anilines is 1. The summed E-state index contributed by atoms with van der Waals surface area (Å²) < 4.78 is 5.23. The van der Waals surface area contributed by atoms with Crippen LogP contribution in [0.4, 0.5) is 10.5 Å². The van der Waals surface area contributed by atoms with Gasteiger partial charge in [-0.2, -0.15) is 0 Å². The van der Waals surface area contributed by atoms with Crippen LogP contribution in [-0.2, 0) is 9.53 Å². The first-order chi connectivity index (χ1) is 12.2. The molecule has 8 heteroatoms. The Bertz CT molecular complexity index is 560. The topological polar surface area (TPSA) is 108 Å². The Hall–Kier alpha value is -2.06. The number of rotatable bonds is 9. The van der Waals surface area contributed by atoms with E-state index in [1.165, 1.54) is 0 Å². The number of alkyl carbamates (subject to hydrolysis) is 1. The number of unbranched alkanes of at least 4 members (excludes halogenated alkanes) is 2. The van der Waals surface area contributed by atoms with Gasteiger partial charge in [0.05, 0.1) is 0 Å². The van der Waals surface area contributed by atoms with Crippen LogP contribution in [0.3, 0.4) is 0 Å². The summed E-state index contributed by atoms with van der Waals surface area (Å²) in [5.41, 5.74) is -0.00109. The van der Waals surface area contributed by atoms with E-state index in [2.05, 4.69) is 10.6 Å². The van der Waals surface area contributed by atoms with E-state index in [9.17, 15) is 9.59 Å². The Labute approximate surface area is 155 Å². The highest BCUT2D eigenvalue weighted by molar-refractivity contribution is 6.40. The lowest BCUT2D eigenvalue weighted by Crippen LogP contribution is -2.45. The summed E-state index contributed by atoms with van der Waals surface area (Å²) in [7, 11) is -1.31. The first-order valence-electron chi connectivity index (χ1n) is 8.89. The highest BCUT2D eigenvalue weighted by Gasteiger charge is 2.24. The highest BCUT2D eigenvalue weighted by Crippen LogP contribution is 2.12. The average Bonchev–Trinajstić information content (AvgIpc) is 2.52. The first kappa shape index (κ1) is 22.0. The fourth-order valence-electron chi connectivity index (χ4n) is 2.32. The molecule has 0 saturated heterocycles. The minimum atomic E-state index is -1.31. The first-order valence-corrected chi connectivity index (χ1v) is 8.89. The summed E-state index contributed by atoms with van der Waals surface area (Å²) in [4.78, 5) is 24.5. The summed E-state index contributed by atoms with van der Waals surface area (Å²) in [6.45, 7) is 5.27. The molecule has 0 aliphatic rings. The smallest absolute Gasteiger partial charge is 0.444 e. The normalized spacial score (nSPS) is 12.2. The molecule has 0 heterocycles. The second kappa shape index (κ2) is 10.8. The van der Waals surface area contributed by atoms with Crippen LogP contribution in [-0.4, -0.2) is 40.8 Å². The van der Waals surface area contributed by atoms with Crippen molar-refractivity contribution in [1.29, 1.82) is 0 Å². The van der Waals surface area contributed by atoms with Crippen molar-refractivity contribution in [1.82, 2.24) is 5.32 Å². The molecule has 0 spiro atoms. The van der Waals surface area contributed by atoms with Crippen molar-refractivity contribution < 1.29 is 24.4 Å². The Morgan fingerprint density at radius 2 is 1.77 bits per heavy atom. The molecule has 0 fully saturated rings. The number of carbonyl (C=O) groups excluding carboxylic acids is 2. The van der Waals surface area contributed by atoms with Gasteiger partial charge in [0, 0.05) is 5.69 Å². The molecule has 0 bridgehead atoms. The van der Waals surface area contributed by atoms with Gasteiger partial charge in [-0.05, 0) is 45.6 Å². The molecule has 0 aliphatic carbocycles. The van der Waals surface area contributed by atoms with E-state index < -0.39 is 24.9 Å². The zero-order valence-electron chi connectivity index (χ0n) is 15.7. The molecule has 26 heavy (non-hydrogen) atoms. The molecule has 2 amide bonds. The summed E-state index contributed by atoms with van der Waals surface area (Å²) in [6, 6.07) is 8.28. The number of carbonyl (C=O) groups is 2. The lowest BCUT2D eigenvalue weighted by molar-refractivity contribution is -0.118. The number of hydrogen-bond donors (Lipinski definition) is 4. The maximum Gasteiger partial charge on any atom is 0.451 e. The highest BCUT2D eigenvalue weighted by atomic mass is 16.6. The molecule has 0 radical (unpaired) electrons. The monoisotopic (exact) mass is 364 g/mol. The molecule has 7 nitrogen and oxygen atoms in total. The SMILES string of the molecule is CC(C)(C)OC(=O)NC(CCCCCB(O)O)C(=O)Nc1ccccc1. The van der Waals surface area contributed by atoms with Crippen molar-refractivity contribution in [3.63, 3.8) is 0 Å². The molecule has 1 rings (SSSR count). The van der Waals surface area contributed by atoms with Crippen LogP contribution in [0.1, 0.15) is 46.5 Å². The molecule has 0 aromatic heterocycles. The number of hydrogen-bond acceptors (Lipinski definition) is 5. The quantitative estimate of drug-likeness (QED) is 0.398. The largest absolute Gasteiger partial charge is 0.451 e. The molecule has 1 atom stereocenters. The number of ether oxygens (including phenoxy) is 1. The average molecular weight is 364 g/mol. The van der Waals surface area contributed by atoms with Crippen LogP contribution in [0.15, 0.2) is 30.3 Å². The van der Waals surface area contributed by atoms with Gasteiger partial charge in [-0.3, -0.25) is 4.79 Å². The van der Waals surface area contributed by atoms with E-state index in [1.807, 2.05) is 18.2 Å². The van der Waals surface area contributed by atoms with Gasteiger partial charge in [0.15, 0.2) is 0 Å². The maximum atomic E-state index is 12.5. The minimum absolute atomic E-state index is 0.292. The predicted octanol–water partition coefficient (Wildman–Crippen LogP) is 2.55. The van der Waals surface area contributed by atoms with E-state index >= 15 is 0 Å². The van der Waals surface area contributed by atoms with Gasteiger partial charge in [0.2, 0.25) is 5.91 Å². The summed E-state index contributed by atoms with van der Waals surface area (Å²) >= 11 is 0. The van der Waals surface area contributed by atoms with Crippen molar-refractivity contribution in [2.45, 2.75) is 64.4 Å². The number of para-hydroxylation sites is 1. The van der Waals surface area contributed by atoms with E-state index in [4.69, 9.17) is 14.8 Å². The van der Waals surface area contributed by atoms with Crippen molar-refractivity contribution in [2.75, 3.05) is 5.32 Å². The molecular weight excluding hydrogens is 335 g/mol. The summed E-state index contributed by atoms with van der Waals surface area (Å²) in [5, 5.41) is 23.1. The third kappa shape index (κ3) is 10.1. The van der Waals surface area contributed by atoms with Gasteiger partial charge in [-0.15, -0.1) is 0 Å². The third-order valence-corrected chi connectivity index (χ3v) is 3.50. The fourth-order valence-corrected chi connectivity index (χ4v) is 2.32. The molecule has 144 valence electrons. The van der Waals surface area contributed by atoms with E-state index in [1.54, 1.807) is 32.9 Å². The van der Waals surface area contributed by atoms with Crippen LogP contribution >= 0.6 is 0 Å². The second-order valence-electron chi connectivity index (χ2n) is 7.17. The van der Waals surface area contributed by atoms with Crippen LogP contribution in [0.25, 0.3) is 0 Å². The number of amides is 2. The van der Waals surface area contributed by atoms with E-state index in [0.717, 1.165) is 6.42 Å². The minimum Gasteiger partial charge on any atom is -0.444 e. The number of nitrogens with one attached hydrogen (secondary N) is 2. The molecule has 1 aromatic carbocycles. The van der Waals surface area contributed by atoms with Crippen LogP contribution in [0.2, 0.25) is 6.32 Å². The van der Waals surface area contributed by atoms with Gasteiger partial charge < -0.3 is 25.4 Å². The van der Waals surface area contributed by atoms with Gasteiger partial charge in [0.1, 0.15) is 11.6 Å². The third-order valence-electron chi connectivity index (χ3n) is 3.50. The molecule has 0 saturated carbocycles. The Kier molecular flexibility index (Phi) is 9.16. The van der Waals surface area contributed by atoms with Gasteiger partial charge in [0.25, 0.3) is 0 Å². The van der Waals surface area contributed by atoms with Crippen LogP contribution < -0.4 is 10.6 Å². The zero-order chi connectivity index (χ0) is 19.6. The van der Waals surface area contributed by atoms with Crippen molar-refractivity contribution >= 4 is 24.8 Å². The zero-order valence-corrected chi connectivity index (χ0v) is 15.7. The fraction of sp³-hybridized carbons (Fsp3) is 0.556. The molecule has 1 unspecified atom stereocenters. The van der Waals surface area contributed by atoms with Gasteiger partial charge in [-0.1, -0.05) is 37.5 Å². The Morgan fingerprint density at radius 3 is 2.35 bits per heavy atom. The van der Waals surface area contributed by atoms with Crippen molar-refractivity contribution in [3.8, 4) is 0 Å². The summed E-state index contributed by atoms with van der Waals surface area (Å²) in [6.07, 6.45) is 2.10. The molecule has 4 N–H and O–H groups in total. The molecule has 0 aliphatic heterocycles. The molecule has 1 aromatic rings. The Balaban J connectivity index is 2.61. The lowest BCUT2D eigenvalue weighted by Gasteiger charge is -2.23. The standard InChI is InChI=1S/C18H29BN2O5/c1-18(2,3)26-17(23)21-15(12-8-5-9-13-19(24)25)16(22)20-14-10-6-4-7-11-14/h4,6-7,10-11,15,24-25H,5,8-9,12-13H2,1-3H3,(H,20,22)(H,21,23). The predicted molar refractivity (Wildman–Crippen MR) is 102 cm³/mol. The lowest BCUT2D eigenvalue weighted by atomic mass is 9.83. The van der Waals surface area contributed by atoms with Crippen LogP contribution in [0.5, 0.6) is 0 Å². The van der Waals surface area contributed by atoms with Crippen molar-refractivity contribution in [2.24, 2.45) is 0 Å². The summed E-state index contributed by atoms with van der Waals surface area (Å²) in [5.74, 6) is -0.316. The van der Waals surface area contributed by atoms with Crippen LogP contribution in [0, 0.1) is 0 Å². The van der Waals surface area contributed by atoms with E-state index in [0.29, 0.717) is 31.3 Å². The van der Waals surface area contributed by atoms with Gasteiger partial charge >= 0.3 is 13.2 Å².